The topological polar surface area (TPSA) is 61.4 Å². The fourth-order valence-electron chi connectivity index (χ4n) is 2.83. The highest BCUT2D eigenvalue weighted by atomic mass is 19.1. The number of hydrogen-bond donors (Lipinski definition) is 1. The molecule has 1 aromatic carbocycles. The van der Waals surface area contributed by atoms with Gasteiger partial charge in [0.05, 0.1) is 6.20 Å². The van der Waals surface area contributed by atoms with E-state index in [1.165, 1.54) is 30.7 Å². The second kappa shape index (κ2) is 7.46. The molecule has 0 bridgehead atoms. The van der Waals surface area contributed by atoms with Crippen molar-refractivity contribution in [2.75, 3.05) is 42.3 Å². The predicted octanol–water partition coefficient (Wildman–Crippen LogP) is 2.92. The van der Waals surface area contributed by atoms with Crippen molar-refractivity contribution < 1.29 is 9.18 Å². The summed E-state index contributed by atoms with van der Waals surface area (Å²) in [6.45, 7) is 1.91. The van der Waals surface area contributed by atoms with E-state index in [2.05, 4.69) is 20.2 Å². The summed E-state index contributed by atoms with van der Waals surface area (Å²) in [4.78, 5) is 25.4. The molecule has 1 aliphatic heterocycles. The van der Waals surface area contributed by atoms with Crippen molar-refractivity contribution in [3.63, 3.8) is 0 Å². The maximum Gasteiger partial charge on any atom is 0.255 e. The van der Waals surface area contributed by atoms with E-state index in [4.69, 9.17) is 0 Å². The average molecular weight is 343 g/mol. The molecule has 1 aromatic heterocycles. The number of benzene rings is 1. The molecule has 0 radical (unpaired) electrons. The number of rotatable bonds is 4. The zero-order valence-corrected chi connectivity index (χ0v) is 14.5. The first-order chi connectivity index (χ1) is 12.0. The van der Waals surface area contributed by atoms with Crippen LogP contribution in [-0.2, 0) is 0 Å². The molecule has 0 atom stereocenters. The van der Waals surface area contributed by atoms with Crippen LogP contribution in [0, 0.1) is 5.82 Å². The van der Waals surface area contributed by atoms with Crippen LogP contribution in [0.15, 0.2) is 30.5 Å². The van der Waals surface area contributed by atoms with Crippen LogP contribution in [0.4, 0.5) is 21.8 Å². The van der Waals surface area contributed by atoms with Crippen LogP contribution in [0.25, 0.3) is 0 Å². The van der Waals surface area contributed by atoms with Gasteiger partial charge in [-0.15, -0.1) is 0 Å². The van der Waals surface area contributed by atoms with Gasteiger partial charge in [0.1, 0.15) is 11.5 Å². The molecule has 25 heavy (non-hydrogen) atoms. The Labute approximate surface area is 146 Å². The average Bonchev–Trinajstić information content (AvgIpc) is 2.63. The van der Waals surface area contributed by atoms with Crippen molar-refractivity contribution >= 4 is 23.4 Å². The monoisotopic (exact) mass is 343 g/mol. The number of piperidine rings is 1. The van der Waals surface area contributed by atoms with Crippen LogP contribution in [0.1, 0.15) is 29.6 Å². The molecule has 0 unspecified atom stereocenters. The number of aromatic nitrogens is 2. The first-order valence-electron chi connectivity index (χ1n) is 8.41. The second-order valence-corrected chi connectivity index (χ2v) is 6.31. The minimum absolute atomic E-state index is 0.322. The van der Waals surface area contributed by atoms with E-state index in [1.807, 2.05) is 19.0 Å². The van der Waals surface area contributed by atoms with Crippen LogP contribution >= 0.6 is 0 Å². The fraction of sp³-hybridized carbons (Fsp3) is 0.389. The first kappa shape index (κ1) is 17.1. The Morgan fingerprint density at radius 1 is 1.16 bits per heavy atom. The summed E-state index contributed by atoms with van der Waals surface area (Å²) in [5.41, 5.74) is 0.909. The van der Waals surface area contributed by atoms with Gasteiger partial charge in [-0.3, -0.25) is 4.79 Å². The summed E-state index contributed by atoms with van der Waals surface area (Å²) in [6.07, 6.45) is 5.16. The second-order valence-electron chi connectivity index (χ2n) is 6.31. The van der Waals surface area contributed by atoms with Gasteiger partial charge in [-0.25, -0.2) is 9.37 Å². The number of halogens is 1. The lowest BCUT2D eigenvalue weighted by Gasteiger charge is -2.28. The maximum atomic E-state index is 13.0. The summed E-state index contributed by atoms with van der Waals surface area (Å²) < 4.78 is 13.0. The van der Waals surface area contributed by atoms with Gasteiger partial charge in [0.15, 0.2) is 5.82 Å². The van der Waals surface area contributed by atoms with E-state index in [0.717, 1.165) is 25.9 Å². The summed E-state index contributed by atoms with van der Waals surface area (Å²) in [5.74, 6) is 0.631. The summed E-state index contributed by atoms with van der Waals surface area (Å²) in [6, 6.07) is 5.42. The summed E-state index contributed by atoms with van der Waals surface area (Å²) in [5, 5.41) is 2.81. The molecule has 1 saturated heterocycles. The SMILES string of the molecule is CN(C)c1nc(N2CCCCC2)ncc1NC(=O)c1ccc(F)cc1. The van der Waals surface area contributed by atoms with Gasteiger partial charge in [-0.1, -0.05) is 0 Å². The number of hydrogen-bond acceptors (Lipinski definition) is 5. The quantitative estimate of drug-likeness (QED) is 0.925. The van der Waals surface area contributed by atoms with Gasteiger partial charge in [-0.05, 0) is 43.5 Å². The Hall–Kier alpha value is -2.70. The van der Waals surface area contributed by atoms with Gasteiger partial charge >= 0.3 is 0 Å². The van der Waals surface area contributed by atoms with Crippen LogP contribution in [0.2, 0.25) is 0 Å². The molecular formula is C18H22FN5O. The lowest BCUT2D eigenvalue weighted by Crippen LogP contribution is -2.31. The Morgan fingerprint density at radius 3 is 2.48 bits per heavy atom. The number of carbonyl (C=O) groups is 1. The van der Waals surface area contributed by atoms with Crippen LogP contribution in [-0.4, -0.2) is 43.1 Å². The van der Waals surface area contributed by atoms with Crippen molar-refractivity contribution in [1.82, 2.24) is 9.97 Å². The van der Waals surface area contributed by atoms with Crippen LogP contribution in [0.3, 0.4) is 0 Å². The largest absolute Gasteiger partial charge is 0.361 e. The van der Waals surface area contributed by atoms with Crippen molar-refractivity contribution in [1.29, 1.82) is 0 Å². The van der Waals surface area contributed by atoms with E-state index in [1.54, 1.807) is 6.20 Å². The lowest BCUT2D eigenvalue weighted by molar-refractivity contribution is 0.102. The zero-order chi connectivity index (χ0) is 17.8. The van der Waals surface area contributed by atoms with Gasteiger partial charge in [-0.2, -0.15) is 4.98 Å². The highest BCUT2D eigenvalue weighted by Crippen LogP contribution is 2.25. The van der Waals surface area contributed by atoms with Crippen molar-refractivity contribution in [2.45, 2.75) is 19.3 Å². The van der Waals surface area contributed by atoms with Gasteiger partial charge in [0.2, 0.25) is 5.95 Å². The highest BCUT2D eigenvalue weighted by Gasteiger charge is 2.18. The molecule has 2 aromatic rings. The molecule has 1 N–H and O–H groups in total. The van der Waals surface area contributed by atoms with E-state index in [9.17, 15) is 9.18 Å². The lowest BCUT2D eigenvalue weighted by atomic mass is 10.1. The minimum atomic E-state index is -0.375. The fourth-order valence-corrected chi connectivity index (χ4v) is 2.83. The van der Waals surface area contributed by atoms with E-state index in [-0.39, 0.29) is 11.7 Å². The normalized spacial score (nSPS) is 14.3. The number of amides is 1. The van der Waals surface area contributed by atoms with Gasteiger partial charge in [0, 0.05) is 32.7 Å². The van der Waals surface area contributed by atoms with Gasteiger partial charge < -0.3 is 15.1 Å². The molecule has 1 fully saturated rings. The van der Waals surface area contributed by atoms with Crippen molar-refractivity contribution in [2.24, 2.45) is 0 Å². The summed E-state index contributed by atoms with van der Waals surface area (Å²) in [7, 11) is 3.74. The van der Waals surface area contributed by atoms with E-state index in [0.29, 0.717) is 23.0 Å². The molecule has 6 nitrogen and oxygen atoms in total. The van der Waals surface area contributed by atoms with Gasteiger partial charge in [0.25, 0.3) is 5.91 Å². The number of nitrogens with zero attached hydrogens (tertiary/aromatic N) is 4. The molecule has 0 aliphatic carbocycles. The Balaban J connectivity index is 1.82. The molecule has 132 valence electrons. The molecule has 7 heteroatoms. The molecule has 1 aliphatic rings. The van der Waals surface area contributed by atoms with Crippen LogP contribution < -0.4 is 15.1 Å². The first-order valence-corrected chi connectivity index (χ1v) is 8.41. The molecule has 0 saturated carbocycles. The third-order valence-corrected chi connectivity index (χ3v) is 4.17. The van der Waals surface area contributed by atoms with E-state index < -0.39 is 0 Å². The highest BCUT2D eigenvalue weighted by molar-refractivity contribution is 6.05. The maximum absolute atomic E-state index is 13.0. The summed E-state index contributed by atoms with van der Waals surface area (Å²) >= 11 is 0. The van der Waals surface area contributed by atoms with E-state index >= 15 is 0 Å². The van der Waals surface area contributed by atoms with Crippen molar-refractivity contribution in [3.8, 4) is 0 Å². The standard InChI is InChI=1S/C18H22FN5O/c1-23(2)16-15(21-17(25)13-6-8-14(19)9-7-13)12-20-18(22-16)24-10-4-3-5-11-24/h6-9,12H,3-5,10-11H2,1-2H3,(H,21,25). The third-order valence-electron chi connectivity index (χ3n) is 4.17. The number of nitrogens with one attached hydrogen (secondary N) is 1. The zero-order valence-electron chi connectivity index (χ0n) is 14.5. The Bertz CT molecular complexity index is 742. The molecule has 1 amide bonds. The smallest absolute Gasteiger partial charge is 0.255 e. The number of anilines is 3. The predicted molar refractivity (Wildman–Crippen MR) is 96.8 cm³/mol. The number of carbonyl (C=O) groups excluding carboxylic acids is 1. The Morgan fingerprint density at radius 2 is 1.84 bits per heavy atom. The molecule has 3 rings (SSSR count). The minimum Gasteiger partial charge on any atom is -0.361 e. The third kappa shape index (κ3) is 4.04. The molecular weight excluding hydrogens is 321 g/mol. The molecule has 0 spiro atoms. The van der Waals surface area contributed by atoms with Crippen molar-refractivity contribution in [3.05, 3.63) is 41.8 Å². The Kier molecular flexibility index (Phi) is 5.11. The molecule has 2 heterocycles. The van der Waals surface area contributed by atoms with Crippen LogP contribution in [0.5, 0.6) is 0 Å².